The third-order valence-corrected chi connectivity index (χ3v) is 3.90. The smallest absolute Gasteiger partial charge is 0.191 e. The maximum atomic E-state index is 4.21. The summed E-state index contributed by atoms with van der Waals surface area (Å²) in [4.78, 5) is 4.21. The number of benzene rings is 1. The first kappa shape index (κ1) is 17.5. The van der Waals surface area contributed by atoms with Crippen LogP contribution in [0.3, 0.4) is 0 Å². The van der Waals surface area contributed by atoms with Crippen molar-refractivity contribution in [2.75, 3.05) is 7.05 Å². The molecule has 2 aromatic rings. The van der Waals surface area contributed by atoms with Crippen LogP contribution in [0.25, 0.3) is 0 Å². The van der Waals surface area contributed by atoms with Gasteiger partial charge in [-0.3, -0.25) is 4.99 Å². The average Bonchev–Trinajstić information content (AvgIpc) is 2.94. The van der Waals surface area contributed by atoms with Crippen LogP contribution < -0.4 is 10.6 Å². The van der Waals surface area contributed by atoms with Crippen molar-refractivity contribution in [3.05, 3.63) is 56.7 Å². The Labute approximate surface area is 149 Å². The van der Waals surface area contributed by atoms with E-state index in [2.05, 4.69) is 60.5 Å². The Morgan fingerprint density at radius 1 is 1.10 bits per heavy atom. The average molecular weight is 466 g/mol. The van der Waals surface area contributed by atoms with Gasteiger partial charge in [0.15, 0.2) is 5.96 Å². The lowest BCUT2D eigenvalue weighted by Gasteiger charge is -2.11. The van der Waals surface area contributed by atoms with Gasteiger partial charge < -0.3 is 10.6 Å². The van der Waals surface area contributed by atoms with Crippen LogP contribution in [0.5, 0.6) is 0 Å². The van der Waals surface area contributed by atoms with Gasteiger partial charge in [0.05, 0.1) is 0 Å². The minimum atomic E-state index is 0. The summed E-state index contributed by atoms with van der Waals surface area (Å²) < 4.78 is 1.09. The summed E-state index contributed by atoms with van der Waals surface area (Å²) in [5.74, 6) is 0.814. The zero-order valence-electron chi connectivity index (χ0n) is 11.1. The molecule has 6 heteroatoms. The van der Waals surface area contributed by atoms with Crippen molar-refractivity contribution < 1.29 is 0 Å². The Morgan fingerprint density at radius 3 is 2.30 bits per heavy atom. The highest BCUT2D eigenvalue weighted by Crippen LogP contribution is 2.10. The largest absolute Gasteiger partial charge is 0.352 e. The Balaban J connectivity index is 0.00000200. The molecule has 0 atom stereocenters. The van der Waals surface area contributed by atoms with Gasteiger partial charge in [0.25, 0.3) is 0 Å². The molecule has 20 heavy (non-hydrogen) atoms. The van der Waals surface area contributed by atoms with Gasteiger partial charge in [-0.25, -0.2) is 0 Å². The molecule has 1 aromatic carbocycles. The van der Waals surface area contributed by atoms with E-state index in [-0.39, 0.29) is 24.0 Å². The molecule has 0 aliphatic carbocycles. The molecule has 1 aromatic heterocycles. The zero-order valence-corrected chi connectivity index (χ0v) is 15.8. The van der Waals surface area contributed by atoms with E-state index in [9.17, 15) is 0 Å². The van der Waals surface area contributed by atoms with E-state index in [1.54, 1.807) is 18.4 Å². The topological polar surface area (TPSA) is 36.4 Å². The van der Waals surface area contributed by atoms with Gasteiger partial charge in [0, 0.05) is 24.6 Å². The lowest BCUT2D eigenvalue weighted by Crippen LogP contribution is -2.36. The first-order chi connectivity index (χ1) is 9.28. The van der Waals surface area contributed by atoms with Gasteiger partial charge in [-0.15, -0.1) is 24.0 Å². The molecular formula is C14H17BrIN3S. The van der Waals surface area contributed by atoms with Crippen LogP contribution in [-0.4, -0.2) is 13.0 Å². The summed E-state index contributed by atoms with van der Waals surface area (Å²) in [7, 11) is 1.78. The first-order valence-electron chi connectivity index (χ1n) is 5.98. The second-order valence-corrected chi connectivity index (χ2v) is 5.73. The summed E-state index contributed by atoms with van der Waals surface area (Å²) in [6.45, 7) is 1.56. The van der Waals surface area contributed by atoms with E-state index >= 15 is 0 Å². The first-order valence-corrected chi connectivity index (χ1v) is 7.71. The van der Waals surface area contributed by atoms with E-state index in [0.29, 0.717) is 0 Å². The standard InChI is InChI=1S/C14H16BrN3S.HI/c1-16-14(18-9-12-6-7-19-10-12)17-8-11-2-4-13(15)5-3-11;/h2-7,10H,8-9H2,1H3,(H2,16,17,18);1H. The van der Waals surface area contributed by atoms with Crippen molar-refractivity contribution >= 4 is 57.2 Å². The molecule has 1 heterocycles. The number of nitrogens with one attached hydrogen (secondary N) is 2. The third-order valence-electron chi connectivity index (χ3n) is 2.64. The molecule has 0 amide bonds. The SMILES string of the molecule is CN=C(NCc1ccc(Br)cc1)NCc1ccsc1.I. The maximum absolute atomic E-state index is 4.21. The van der Waals surface area contributed by atoms with E-state index in [1.165, 1.54) is 11.1 Å². The molecule has 108 valence electrons. The Kier molecular flexibility index (Phi) is 8.16. The lowest BCUT2D eigenvalue weighted by atomic mass is 10.2. The minimum Gasteiger partial charge on any atom is -0.352 e. The van der Waals surface area contributed by atoms with Crippen LogP contribution in [0.2, 0.25) is 0 Å². The molecule has 0 aliphatic rings. The van der Waals surface area contributed by atoms with Crippen molar-refractivity contribution in [3.8, 4) is 0 Å². The summed E-state index contributed by atoms with van der Waals surface area (Å²) in [6.07, 6.45) is 0. The quantitative estimate of drug-likeness (QED) is 0.407. The van der Waals surface area contributed by atoms with Crippen LogP contribution in [-0.2, 0) is 13.1 Å². The fourth-order valence-corrected chi connectivity index (χ4v) is 2.52. The molecule has 0 saturated heterocycles. The molecule has 2 N–H and O–H groups in total. The maximum Gasteiger partial charge on any atom is 0.191 e. The number of aliphatic imine (C=N–C) groups is 1. The highest BCUT2D eigenvalue weighted by atomic mass is 127. The van der Waals surface area contributed by atoms with Crippen molar-refractivity contribution in [2.45, 2.75) is 13.1 Å². The summed E-state index contributed by atoms with van der Waals surface area (Å²) >= 11 is 5.14. The second-order valence-electron chi connectivity index (χ2n) is 4.04. The predicted octanol–water partition coefficient (Wildman–Crippen LogP) is 3.99. The van der Waals surface area contributed by atoms with Crippen LogP contribution in [0.15, 0.2) is 50.6 Å². The van der Waals surface area contributed by atoms with Gasteiger partial charge in [-0.2, -0.15) is 11.3 Å². The predicted molar refractivity (Wildman–Crippen MR) is 101 cm³/mol. The van der Waals surface area contributed by atoms with Crippen molar-refractivity contribution in [3.63, 3.8) is 0 Å². The molecule has 0 aliphatic heterocycles. The van der Waals surface area contributed by atoms with Gasteiger partial charge in [-0.05, 0) is 40.1 Å². The molecular weight excluding hydrogens is 449 g/mol. The summed E-state index contributed by atoms with van der Waals surface area (Å²) in [6, 6.07) is 10.4. The van der Waals surface area contributed by atoms with Gasteiger partial charge in [0.1, 0.15) is 0 Å². The van der Waals surface area contributed by atoms with E-state index in [0.717, 1.165) is 23.5 Å². The normalized spacial score (nSPS) is 10.8. The second kappa shape index (κ2) is 9.36. The molecule has 3 nitrogen and oxygen atoms in total. The number of hydrogen-bond acceptors (Lipinski definition) is 2. The van der Waals surface area contributed by atoms with E-state index in [4.69, 9.17) is 0 Å². The molecule has 0 fully saturated rings. The van der Waals surface area contributed by atoms with E-state index in [1.807, 2.05) is 12.1 Å². The fraction of sp³-hybridized carbons (Fsp3) is 0.214. The number of guanidine groups is 1. The zero-order chi connectivity index (χ0) is 13.5. The number of halogens is 2. The monoisotopic (exact) mass is 465 g/mol. The van der Waals surface area contributed by atoms with Gasteiger partial charge >= 0.3 is 0 Å². The Hall–Kier alpha value is -0.600. The van der Waals surface area contributed by atoms with Crippen LogP contribution in [0.1, 0.15) is 11.1 Å². The molecule has 0 unspecified atom stereocenters. The lowest BCUT2D eigenvalue weighted by molar-refractivity contribution is 0.810. The van der Waals surface area contributed by atoms with Gasteiger partial charge in [-0.1, -0.05) is 28.1 Å². The highest BCUT2D eigenvalue weighted by Gasteiger charge is 1.99. The van der Waals surface area contributed by atoms with E-state index < -0.39 is 0 Å². The Bertz CT molecular complexity index is 526. The summed E-state index contributed by atoms with van der Waals surface area (Å²) in [5, 5.41) is 10.8. The van der Waals surface area contributed by atoms with Crippen LogP contribution >= 0.6 is 51.2 Å². The number of nitrogens with zero attached hydrogens (tertiary/aromatic N) is 1. The molecule has 2 rings (SSSR count). The third kappa shape index (κ3) is 5.80. The van der Waals surface area contributed by atoms with Crippen molar-refractivity contribution in [2.24, 2.45) is 4.99 Å². The number of rotatable bonds is 4. The molecule has 0 bridgehead atoms. The molecule has 0 radical (unpaired) electrons. The van der Waals surface area contributed by atoms with Crippen LogP contribution in [0.4, 0.5) is 0 Å². The van der Waals surface area contributed by atoms with Gasteiger partial charge in [0.2, 0.25) is 0 Å². The highest BCUT2D eigenvalue weighted by molar-refractivity contribution is 14.0. The number of thiophene rings is 1. The van der Waals surface area contributed by atoms with Crippen molar-refractivity contribution in [1.29, 1.82) is 0 Å². The fourth-order valence-electron chi connectivity index (χ4n) is 1.59. The summed E-state index contributed by atoms with van der Waals surface area (Å²) in [5.41, 5.74) is 2.50. The van der Waals surface area contributed by atoms with Crippen LogP contribution in [0, 0.1) is 0 Å². The molecule has 0 spiro atoms. The van der Waals surface area contributed by atoms with Crippen molar-refractivity contribution in [1.82, 2.24) is 10.6 Å². The molecule has 0 saturated carbocycles. The Morgan fingerprint density at radius 2 is 1.75 bits per heavy atom. The minimum absolute atomic E-state index is 0. The number of hydrogen-bond donors (Lipinski definition) is 2.